The van der Waals surface area contributed by atoms with Gasteiger partial charge >= 0.3 is 5.97 Å². The normalized spacial score (nSPS) is 9.47. The molecule has 1 aromatic carbocycles. The van der Waals surface area contributed by atoms with Crippen molar-refractivity contribution < 1.29 is 9.53 Å². The number of carbonyl (C=O) groups excluding carboxylic acids is 1. The molecule has 0 fully saturated rings. The van der Waals surface area contributed by atoms with Crippen LogP contribution in [0.4, 0.5) is 0 Å². The molecule has 0 bridgehead atoms. The van der Waals surface area contributed by atoms with Crippen LogP contribution in [0.2, 0.25) is 0 Å². The average Bonchev–Trinajstić information content (AvgIpc) is 2.27. The molecule has 0 amide bonds. The van der Waals surface area contributed by atoms with Crippen molar-refractivity contribution in [3.8, 4) is 6.07 Å². The van der Waals surface area contributed by atoms with Crippen molar-refractivity contribution in [3.05, 3.63) is 33.3 Å². The average molecular weight is 333 g/mol. The van der Waals surface area contributed by atoms with Gasteiger partial charge in [0.1, 0.15) is 6.07 Å². The molecule has 15 heavy (non-hydrogen) atoms. The molecular weight excluding hydrogens is 326 g/mol. The first-order valence-electron chi connectivity index (χ1n) is 4.01. The van der Waals surface area contributed by atoms with Crippen LogP contribution in [0.5, 0.6) is 0 Å². The van der Waals surface area contributed by atoms with Crippen LogP contribution in [0.25, 0.3) is 0 Å². The maximum absolute atomic E-state index is 11.3. The Morgan fingerprint density at radius 2 is 2.27 bits per heavy atom. The monoisotopic (exact) mass is 331 g/mol. The molecule has 0 N–H and O–H groups in total. The molecule has 0 saturated heterocycles. The van der Waals surface area contributed by atoms with Crippen molar-refractivity contribution in [2.45, 2.75) is 5.33 Å². The second-order valence-electron chi connectivity index (χ2n) is 2.70. The summed E-state index contributed by atoms with van der Waals surface area (Å²) in [5.41, 5.74) is 1.49. The van der Waals surface area contributed by atoms with Gasteiger partial charge in [0, 0.05) is 9.80 Å². The van der Waals surface area contributed by atoms with Crippen molar-refractivity contribution in [1.29, 1.82) is 5.26 Å². The second-order valence-corrected chi connectivity index (χ2v) is 4.05. The Bertz CT molecular complexity index is 438. The van der Waals surface area contributed by atoms with E-state index in [-0.39, 0.29) is 5.56 Å². The van der Waals surface area contributed by atoms with Gasteiger partial charge in [-0.05, 0) is 27.6 Å². The standard InChI is InChI=1S/C10H7Br2NO2/c1-15-10(14)7-3-2-6(4-11)9(12)8(7)5-13/h2-3H,4H2,1H3. The molecule has 78 valence electrons. The van der Waals surface area contributed by atoms with Crippen LogP contribution >= 0.6 is 31.9 Å². The van der Waals surface area contributed by atoms with Gasteiger partial charge in [-0.15, -0.1) is 0 Å². The SMILES string of the molecule is COC(=O)c1ccc(CBr)c(Br)c1C#N. The molecule has 0 saturated carbocycles. The first-order valence-corrected chi connectivity index (χ1v) is 5.93. The summed E-state index contributed by atoms with van der Waals surface area (Å²) >= 11 is 6.58. The van der Waals surface area contributed by atoms with Gasteiger partial charge in [0.15, 0.2) is 0 Å². The van der Waals surface area contributed by atoms with Gasteiger partial charge in [0.05, 0.1) is 18.2 Å². The number of hydrogen-bond donors (Lipinski definition) is 0. The zero-order chi connectivity index (χ0) is 11.4. The number of nitrogens with zero attached hydrogens (tertiary/aromatic N) is 1. The highest BCUT2D eigenvalue weighted by Gasteiger charge is 2.16. The first-order chi connectivity index (χ1) is 7.15. The molecule has 0 heterocycles. The van der Waals surface area contributed by atoms with E-state index in [2.05, 4.69) is 36.6 Å². The second kappa shape index (κ2) is 5.29. The maximum atomic E-state index is 11.3. The Morgan fingerprint density at radius 1 is 1.60 bits per heavy atom. The smallest absolute Gasteiger partial charge is 0.339 e. The van der Waals surface area contributed by atoms with Gasteiger partial charge in [-0.1, -0.05) is 22.0 Å². The fourth-order valence-corrected chi connectivity index (χ4v) is 2.53. The van der Waals surface area contributed by atoms with Gasteiger partial charge in [0.25, 0.3) is 0 Å². The summed E-state index contributed by atoms with van der Waals surface area (Å²) in [6, 6.07) is 5.34. The summed E-state index contributed by atoms with van der Waals surface area (Å²) in [6.07, 6.45) is 0. The van der Waals surface area contributed by atoms with E-state index in [0.29, 0.717) is 15.4 Å². The molecule has 1 aromatic rings. The van der Waals surface area contributed by atoms with Crippen LogP contribution in [0.15, 0.2) is 16.6 Å². The summed E-state index contributed by atoms with van der Waals surface area (Å²) in [5.74, 6) is -0.506. The highest BCUT2D eigenvalue weighted by Crippen LogP contribution is 2.26. The lowest BCUT2D eigenvalue weighted by molar-refractivity contribution is 0.0600. The first kappa shape index (κ1) is 12.2. The van der Waals surface area contributed by atoms with E-state index >= 15 is 0 Å². The lowest BCUT2D eigenvalue weighted by atomic mass is 10.1. The lowest BCUT2D eigenvalue weighted by Crippen LogP contribution is -2.05. The van der Waals surface area contributed by atoms with Crippen LogP contribution in [0.1, 0.15) is 21.5 Å². The van der Waals surface area contributed by atoms with Gasteiger partial charge in [-0.2, -0.15) is 5.26 Å². The fraction of sp³-hybridized carbons (Fsp3) is 0.200. The predicted octanol–water partition coefficient (Wildman–Crippen LogP) is 3.00. The van der Waals surface area contributed by atoms with Crippen LogP contribution in [0, 0.1) is 11.3 Å². The quantitative estimate of drug-likeness (QED) is 0.618. The number of benzene rings is 1. The molecule has 0 radical (unpaired) electrons. The lowest BCUT2D eigenvalue weighted by Gasteiger charge is -2.06. The summed E-state index contributed by atoms with van der Waals surface area (Å²) in [6.45, 7) is 0. The summed E-state index contributed by atoms with van der Waals surface area (Å²) in [4.78, 5) is 11.3. The van der Waals surface area contributed by atoms with E-state index in [9.17, 15) is 4.79 Å². The molecular formula is C10H7Br2NO2. The van der Waals surface area contributed by atoms with Crippen molar-refractivity contribution in [2.24, 2.45) is 0 Å². The number of ether oxygens (including phenoxy) is 1. The Morgan fingerprint density at radius 3 is 2.73 bits per heavy atom. The van der Waals surface area contributed by atoms with E-state index in [1.54, 1.807) is 12.1 Å². The molecule has 3 nitrogen and oxygen atoms in total. The number of nitriles is 1. The van der Waals surface area contributed by atoms with Gasteiger partial charge in [-0.3, -0.25) is 0 Å². The molecule has 0 aliphatic rings. The molecule has 0 spiro atoms. The molecule has 1 rings (SSSR count). The Hall–Kier alpha value is -0.860. The summed E-state index contributed by atoms with van der Waals surface area (Å²) in [7, 11) is 1.29. The van der Waals surface area contributed by atoms with Crippen LogP contribution < -0.4 is 0 Å². The highest BCUT2D eigenvalue weighted by molar-refractivity contribution is 9.10. The van der Waals surface area contributed by atoms with Gasteiger partial charge in [-0.25, -0.2) is 4.79 Å². The maximum Gasteiger partial charge on any atom is 0.339 e. The molecule has 0 aromatic heterocycles. The zero-order valence-electron chi connectivity index (χ0n) is 7.88. The minimum Gasteiger partial charge on any atom is -0.465 e. The third kappa shape index (κ3) is 2.39. The third-order valence-electron chi connectivity index (χ3n) is 1.88. The number of carbonyl (C=O) groups is 1. The third-order valence-corrected chi connectivity index (χ3v) is 3.39. The van der Waals surface area contributed by atoms with E-state index in [4.69, 9.17) is 5.26 Å². The number of halogens is 2. The van der Waals surface area contributed by atoms with Crippen molar-refractivity contribution in [2.75, 3.05) is 7.11 Å². The zero-order valence-corrected chi connectivity index (χ0v) is 11.1. The summed E-state index contributed by atoms with van der Waals surface area (Å²) in [5, 5.41) is 9.58. The van der Waals surface area contributed by atoms with Crippen molar-refractivity contribution in [3.63, 3.8) is 0 Å². The van der Waals surface area contributed by atoms with Crippen LogP contribution in [0.3, 0.4) is 0 Å². The summed E-state index contributed by atoms with van der Waals surface area (Å²) < 4.78 is 5.21. The fourth-order valence-electron chi connectivity index (χ4n) is 1.11. The number of methoxy groups -OCH3 is 1. The van der Waals surface area contributed by atoms with E-state index in [1.165, 1.54) is 7.11 Å². The molecule has 0 aliphatic heterocycles. The minimum atomic E-state index is -0.506. The molecule has 0 atom stereocenters. The number of esters is 1. The van der Waals surface area contributed by atoms with E-state index in [0.717, 1.165) is 5.56 Å². The molecule has 0 unspecified atom stereocenters. The Balaban J connectivity index is 3.39. The number of hydrogen-bond acceptors (Lipinski definition) is 3. The minimum absolute atomic E-state index is 0.275. The van der Waals surface area contributed by atoms with Gasteiger partial charge < -0.3 is 4.74 Å². The van der Waals surface area contributed by atoms with Crippen molar-refractivity contribution >= 4 is 37.8 Å². The highest BCUT2D eigenvalue weighted by atomic mass is 79.9. The Kier molecular flexibility index (Phi) is 4.30. The largest absolute Gasteiger partial charge is 0.465 e. The van der Waals surface area contributed by atoms with Crippen LogP contribution in [-0.4, -0.2) is 13.1 Å². The van der Waals surface area contributed by atoms with E-state index < -0.39 is 5.97 Å². The van der Waals surface area contributed by atoms with Gasteiger partial charge in [0.2, 0.25) is 0 Å². The molecule has 0 aliphatic carbocycles. The van der Waals surface area contributed by atoms with Crippen LogP contribution in [-0.2, 0) is 10.1 Å². The topological polar surface area (TPSA) is 50.1 Å². The van der Waals surface area contributed by atoms with Crippen molar-refractivity contribution in [1.82, 2.24) is 0 Å². The Labute approximate surface area is 104 Å². The van der Waals surface area contributed by atoms with E-state index in [1.807, 2.05) is 6.07 Å². The number of rotatable bonds is 2. The number of alkyl halides is 1. The molecule has 5 heteroatoms. The predicted molar refractivity (Wildman–Crippen MR) is 62.8 cm³/mol.